The number of nitrogens with zero attached hydrogens (tertiary/aromatic N) is 2. The van der Waals surface area contributed by atoms with Gasteiger partial charge in [0.15, 0.2) is 0 Å². The van der Waals surface area contributed by atoms with E-state index in [9.17, 15) is 28.2 Å². The molecule has 4 N–H and O–H groups in total. The second-order valence-electron chi connectivity index (χ2n) is 6.10. The Kier molecular flexibility index (Phi) is 6.56. The Morgan fingerprint density at radius 2 is 1.87 bits per heavy atom. The van der Waals surface area contributed by atoms with Crippen LogP contribution in [-0.4, -0.2) is 54.1 Å². The number of phenols is 1. The summed E-state index contributed by atoms with van der Waals surface area (Å²) in [5, 5.41) is 38.5. The number of nitriles is 1. The van der Waals surface area contributed by atoms with Crippen LogP contribution in [0.3, 0.4) is 0 Å². The number of sulfonamides is 1. The van der Waals surface area contributed by atoms with Gasteiger partial charge < -0.3 is 15.5 Å². The number of aromatic carboxylic acids is 1. The summed E-state index contributed by atoms with van der Waals surface area (Å²) in [6.07, 6.45) is 0. The van der Waals surface area contributed by atoms with Gasteiger partial charge in [-0.1, -0.05) is 6.92 Å². The Morgan fingerprint density at radius 1 is 1.20 bits per heavy atom. The molecule has 0 aromatic heterocycles. The number of carboxylic acid groups (broad SMARTS) is 1. The average Bonchev–Trinajstić information content (AvgIpc) is 2.72. The Bertz CT molecular complexity index is 1180. The molecule has 156 valence electrons. The van der Waals surface area contributed by atoms with Gasteiger partial charge >= 0.3 is 5.97 Å². The highest BCUT2D eigenvalue weighted by Gasteiger charge is 2.23. The van der Waals surface area contributed by atoms with Crippen LogP contribution in [0.2, 0.25) is 0 Å². The fraction of sp³-hybridized carbons (Fsp3) is 0.158. The van der Waals surface area contributed by atoms with Gasteiger partial charge in [0, 0.05) is 25.2 Å². The Morgan fingerprint density at radius 3 is 2.40 bits per heavy atom. The first-order valence-electron chi connectivity index (χ1n) is 8.50. The number of rotatable bonds is 7. The second-order valence-corrected chi connectivity index (χ2v) is 8.15. The number of aromatic hydroxyl groups is 1. The van der Waals surface area contributed by atoms with Gasteiger partial charge in [0.05, 0.1) is 27.8 Å². The lowest BCUT2D eigenvalue weighted by atomic mass is 10.1. The summed E-state index contributed by atoms with van der Waals surface area (Å²) >= 11 is 0. The lowest BCUT2D eigenvalue weighted by molar-refractivity contribution is -0.110. The third kappa shape index (κ3) is 4.45. The van der Waals surface area contributed by atoms with Crippen molar-refractivity contribution < 1.29 is 28.2 Å². The van der Waals surface area contributed by atoms with Crippen molar-refractivity contribution in [3.05, 3.63) is 53.1 Å². The van der Waals surface area contributed by atoms with E-state index in [-0.39, 0.29) is 33.8 Å². The van der Waals surface area contributed by atoms with Crippen molar-refractivity contribution in [3.8, 4) is 11.8 Å². The number of hydrogen-bond acceptors (Lipinski definition) is 7. The molecule has 2 rings (SSSR count). The number of carbonyl (C=O) groups is 2. The largest absolute Gasteiger partial charge is 0.507 e. The molecule has 0 atom stereocenters. The quantitative estimate of drug-likeness (QED) is 0.483. The van der Waals surface area contributed by atoms with E-state index in [0.717, 1.165) is 28.6 Å². The van der Waals surface area contributed by atoms with Crippen LogP contribution >= 0.6 is 0 Å². The summed E-state index contributed by atoms with van der Waals surface area (Å²) in [5.74, 6) is -3.01. The first kappa shape index (κ1) is 22.5. The van der Waals surface area contributed by atoms with Crippen LogP contribution in [-0.2, 0) is 14.8 Å². The third-order valence-electron chi connectivity index (χ3n) is 4.25. The Balaban J connectivity index is 2.33. The van der Waals surface area contributed by atoms with E-state index in [2.05, 4.69) is 5.32 Å². The maximum Gasteiger partial charge on any atom is 0.337 e. The molecule has 0 spiro atoms. The van der Waals surface area contributed by atoms with Gasteiger partial charge in [-0.05, 0) is 30.3 Å². The minimum Gasteiger partial charge on any atom is -0.507 e. The summed E-state index contributed by atoms with van der Waals surface area (Å²) in [5.41, 5.74) is -1.35. The molecule has 0 aliphatic rings. The molecule has 2 aromatic rings. The van der Waals surface area contributed by atoms with E-state index >= 15 is 0 Å². The molecule has 0 aliphatic carbocycles. The Labute approximate surface area is 172 Å². The molecule has 1 amide bonds. The zero-order chi connectivity index (χ0) is 22.6. The molecule has 0 heterocycles. The monoisotopic (exact) mass is 430 g/mol. The minimum atomic E-state index is -3.83. The topological polar surface area (TPSA) is 172 Å². The van der Waals surface area contributed by atoms with Crippen LogP contribution in [0.1, 0.15) is 28.4 Å². The lowest BCUT2D eigenvalue weighted by Gasteiger charge is -2.16. The van der Waals surface area contributed by atoms with Gasteiger partial charge in [-0.3, -0.25) is 10.2 Å². The first-order valence-corrected chi connectivity index (χ1v) is 9.94. The van der Waals surface area contributed by atoms with Crippen molar-refractivity contribution >= 4 is 33.3 Å². The lowest BCUT2D eigenvalue weighted by Crippen LogP contribution is -2.27. The van der Waals surface area contributed by atoms with Crippen molar-refractivity contribution in [3.63, 3.8) is 0 Å². The zero-order valence-electron chi connectivity index (χ0n) is 16.0. The number of nitrogens with one attached hydrogen (secondary N) is 2. The van der Waals surface area contributed by atoms with E-state index in [1.54, 1.807) is 13.0 Å². The minimum absolute atomic E-state index is 0.0759. The smallest absolute Gasteiger partial charge is 0.337 e. The fourth-order valence-corrected chi connectivity index (χ4v) is 3.64. The second kappa shape index (κ2) is 8.73. The predicted octanol–water partition coefficient (Wildman–Crippen LogP) is 1.61. The number of carboxylic acids is 1. The van der Waals surface area contributed by atoms with Crippen LogP contribution in [0.4, 0.5) is 5.69 Å². The number of carbonyl (C=O) groups excluding carboxylic acids is 1. The summed E-state index contributed by atoms with van der Waals surface area (Å²) in [6.45, 7) is 1.85. The van der Waals surface area contributed by atoms with Crippen molar-refractivity contribution in [2.24, 2.45) is 0 Å². The van der Waals surface area contributed by atoms with Crippen LogP contribution in [0, 0.1) is 16.7 Å². The average molecular weight is 430 g/mol. The molecular formula is C19H18N4O6S. The van der Waals surface area contributed by atoms with Gasteiger partial charge in [0.25, 0.3) is 5.91 Å². The molecule has 0 fully saturated rings. The number of amides is 1. The maximum atomic E-state index is 12.4. The standard InChI is InChI=1S/C19H18N4O6S/c1-3-23(2)30(28,29)12-5-6-13(16(24)9-12)17(21)18(25)22-15-7-4-11(10-20)8-14(15)19(26)27/h4-9,21,24H,3H2,1-2H3,(H,22,25)(H,26,27). The molecular weight excluding hydrogens is 412 g/mol. The fourth-order valence-electron chi connectivity index (χ4n) is 2.44. The van der Waals surface area contributed by atoms with Crippen LogP contribution in [0.25, 0.3) is 0 Å². The third-order valence-corrected chi connectivity index (χ3v) is 6.17. The van der Waals surface area contributed by atoms with Gasteiger partial charge in [-0.25, -0.2) is 17.5 Å². The number of benzene rings is 2. The van der Waals surface area contributed by atoms with E-state index in [0.29, 0.717) is 0 Å². The number of phenolic OH excluding ortho intramolecular Hbond substituents is 1. The van der Waals surface area contributed by atoms with Crippen molar-refractivity contribution in [1.82, 2.24) is 4.31 Å². The molecule has 0 radical (unpaired) electrons. The molecule has 10 nitrogen and oxygen atoms in total. The normalized spacial score (nSPS) is 11.0. The van der Waals surface area contributed by atoms with Crippen molar-refractivity contribution in [1.29, 1.82) is 10.7 Å². The summed E-state index contributed by atoms with van der Waals surface area (Å²) in [6, 6.07) is 8.57. The zero-order valence-corrected chi connectivity index (χ0v) is 16.8. The molecule has 30 heavy (non-hydrogen) atoms. The molecule has 0 unspecified atom stereocenters. The molecule has 0 saturated heterocycles. The van der Waals surface area contributed by atoms with Crippen molar-refractivity contribution in [2.75, 3.05) is 18.9 Å². The SMILES string of the molecule is CCN(C)S(=O)(=O)c1ccc(C(=N)C(=O)Nc2ccc(C#N)cc2C(=O)O)c(O)c1. The number of hydrogen-bond donors (Lipinski definition) is 4. The van der Waals surface area contributed by atoms with Crippen molar-refractivity contribution in [2.45, 2.75) is 11.8 Å². The van der Waals surface area contributed by atoms with E-state index < -0.39 is 33.4 Å². The van der Waals surface area contributed by atoms with Gasteiger partial charge in [-0.15, -0.1) is 0 Å². The highest BCUT2D eigenvalue weighted by atomic mass is 32.2. The highest BCUT2D eigenvalue weighted by molar-refractivity contribution is 7.89. The molecule has 0 saturated carbocycles. The van der Waals surface area contributed by atoms with Gasteiger partial charge in [0.2, 0.25) is 10.0 Å². The Hall–Kier alpha value is -3.75. The van der Waals surface area contributed by atoms with E-state index in [1.807, 2.05) is 0 Å². The highest BCUT2D eigenvalue weighted by Crippen LogP contribution is 2.25. The molecule has 0 aliphatic heterocycles. The molecule has 11 heteroatoms. The summed E-state index contributed by atoms with van der Waals surface area (Å²) in [7, 11) is -2.47. The summed E-state index contributed by atoms with van der Waals surface area (Å²) < 4.78 is 25.7. The summed E-state index contributed by atoms with van der Waals surface area (Å²) in [4.78, 5) is 23.6. The van der Waals surface area contributed by atoms with E-state index in [1.165, 1.54) is 19.2 Å². The number of anilines is 1. The van der Waals surface area contributed by atoms with Crippen LogP contribution < -0.4 is 5.32 Å². The van der Waals surface area contributed by atoms with Gasteiger partial charge in [0.1, 0.15) is 11.5 Å². The first-order chi connectivity index (χ1) is 14.0. The van der Waals surface area contributed by atoms with Gasteiger partial charge in [-0.2, -0.15) is 5.26 Å². The van der Waals surface area contributed by atoms with E-state index in [4.69, 9.17) is 10.7 Å². The maximum absolute atomic E-state index is 12.4. The van der Waals surface area contributed by atoms with Crippen LogP contribution in [0.5, 0.6) is 5.75 Å². The predicted molar refractivity (Wildman–Crippen MR) is 107 cm³/mol. The molecule has 0 bridgehead atoms. The van der Waals surface area contributed by atoms with Crippen LogP contribution in [0.15, 0.2) is 41.3 Å². The molecule has 2 aromatic carbocycles.